The predicted molar refractivity (Wildman–Crippen MR) is 206 cm³/mol. The molecule has 9 aromatic rings. The molecule has 0 N–H and O–H groups in total. The summed E-state index contributed by atoms with van der Waals surface area (Å²) in [6, 6.07) is 70.7. The monoisotopic (exact) mass is 608 g/mol. The fourth-order valence-electron chi connectivity index (χ4n) is 7.56. The quantitative estimate of drug-likeness (QED) is 0.171. The zero-order valence-corrected chi connectivity index (χ0v) is 26.5. The Morgan fingerprint density at radius 2 is 0.625 bits per heavy atom. The van der Waals surface area contributed by atoms with Crippen LogP contribution in [0.3, 0.4) is 0 Å². The molecule has 0 spiro atoms. The van der Waals surface area contributed by atoms with E-state index in [-0.39, 0.29) is 0 Å². The van der Waals surface area contributed by atoms with Crippen molar-refractivity contribution in [3.05, 3.63) is 194 Å². The Morgan fingerprint density at radius 3 is 1.19 bits per heavy atom. The lowest BCUT2D eigenvalue weighted by Crippen LogP contribution is -1.93. The average Bonchev–Trinajstić information content (AvgIpc) is 3.17. The van der Waals surface area contributed by atoms with Gasteiger partial charge in [0.15, 0.2) is 0 Å². The molecule has 0 saturated carbocycles. The molecule has 0 fully saturated rings. The largest absolute Gasteiger partial charge is 0.0622 e. The van der Waals surface area contributed by atoms with Gasteiger partial charge in [0.2, 0.25) is 0 Å². The third kappa shape index (κ3) is 4.70. The van der Waals surface area contributed by atoms with Crippen LogP contribution in [0.1, 0.15) is 0 Å². The summed E-state index contributed by atoms with van der Waals surface area (Å²) in [5.41, 5.74) is 12.4. The van der Waals surface area contributed by atoms with Gasteiger partial charge in [0.25, 0.3) is 0 Å². The Balaban J connectivity index is 1.36. The Kier molecular flexibility index (Phi) is 6.91. The van der Waals surface area contributed by atoms with Crippen molar-refractivity contribution in [2.75, 3.05) is 0 Å². The molecule has 0 unspecified atom stereocenters. The van der Waals surface area contributed by atoms with Crippen LogP contribution in [-0.4, -0.2) is 0 Å². The minimum atomic E-state index is 1.22. The highest BCUT2D eigenvalue weighted by Crippen LogP contribution is 2.46. The maximum atomic E-state index is 2.43. The van der Waals surface area contributed by atoms with Crippen LogP contribution in [0.15, 0.2) is 194 Å². The van der Waals surface area contributed by atoms with E-state index in [0.29, 0.717) is 0 Å². The molecule has 48 heavy (non-hydrogen) atoms. The molecule has 0 saturated heterocycles. The minimum Gasteiger partial charge on any atom is -0.0622 e. The molecule has 0 heterocycles. The number of rotatable bonds is 5. The van der Waals surface area contributed by atoms with Gasteiger partial charge in [-0.2, -0.15) is 0 Å². The SMILES string of the molecule is c1ccc(-c2ccccc2-c2ccc3ccc(-c4c5ccccc5c(-c5ccccc5)c5ccccc45)cc3c2-c2ccccc2)cc1. The maximum absolute atomic E-state index is 2.43. The second kappa shape index (κ2) is 11.8. The third-order valence-electron chi connectivity index (χ3n) is 9.67. The summed E-state index contributed by atoms with van der Waals surface area (Å²) < 4.78 is 0. The van der Waals surface area contributed by atoms with Gasteiger partial charge in [-0.3, -0.25) is 0 Å². The van der Waals surface area contributed by atoms with Gasteiger partial charge >= 0.3 is 0 Å². The number of hydrogen-bond donors (Lipinski definition) is 0. The first-order valence-corrected chi connectivity index (χ1v) is 16.6. The average molecular weight is 609 g/mol. The van der Waals surface area contributed by atoms with Crippen LogP contribution in [-0.2, 0) is 0 Å². The Bertz CT molecular complexity index is 2520. The van der Waals surface area contributed by atoms with Crippen LogP contribution in [0.5, 0.6) is 0 Å². The lowest BCUT2D eigenvalue weighted by molar-refractivity contribution is 1.58. The first-order valence-electron chi connectivity index (χ1n) is 16.6. The molecule has 0 bridgehead atoms. The zero-order chi connectivity index (χ0) is 31.9. The van der Waals surface area contributed by atoms with E-state index in [1.54, 1.807) is 0 Å². The van der Waals surface area contributed by atoms with E-state index >= 15 is 0 Å². The van der Waals surface area contributed by atoms with E-state index in [1.165, 1.54) is 88.0 Å². The molecule has 0 radical (unpaired) electrons. The molecule has 0 aromatic heterocycles. The van der Waals surface area contributed by atoms with E-state index in [9.17, 15) is 0 Å². The summed E-state index contributed by atoms with van der Waals surface area (Å²) in [4.78, 5) is 0. The van der Waals surface area contributed by atoms with Crippen LogP contribution in [0, 0.1) is 0 Å². The van der Waals surface area contributed by atoms with Gasteiger partial charge in [-0.1, -0.05) is 188 Å². The van der Waals surface area contributed by atoms with E-state index in [4.69, 9.17) is 0 Å². The lowest BCUT2D eigenvalue weighted by atomic mass is 9.83. The highest BCUT2D eigenvalue weighted by Gasteiger charge is 2.19. The van der Waals surface area contributed by atoms with Crippen molar-refractivity contribution in [3.8, 4) is 55.6 Å². The minimum absolute atomic E-state index is 1.22. The molecule has 0 nitrogen and oxygen atoms in total. The standard InChI is InChI=1S/C48H32/c1-4-16-33(17-5-1)38-22-10-11-23-39(38)44-31-30-34-28-29-37(32-45(34)47(44)36-20-8-3-9-21-36)48-42-26-14-12-24-40(42)46(35-18-6-2-7-19-35)41-25-13-15-27-43(41)48/h1-32H. The first kappa shape index (κ1) is 28.0. The topological polar surface area (TPSA) is 0 Å². The summed E-state index contributed by atoms with van der Waals surface area (Å²) in [6.07, 6.45) is 0. The molecule has 0 aliphatic heterocycles. The van der Waals surface area contributed by atoms with E-state index in [1.807, 2.05) is 0 Å². The van der Waals surface area contributed by atoms with Crippen molar-refractivity contribution in [2.45, 2.75) is 0 Å². The molecule has 224 valence electrons. The smallest absolute Gasteiger partial charge is 0.00261 e. The summed E-state index contributed by atoms with van der Waals surface area (Å²) in [5.74, 6) is 0. The van der Waals surface area contributed by atoms with E-state index < -0.39 is 0 Å². The third-order valence-corrected chi connectivity index (χ3v) is 9.67. The van der Waals surface area contributed by atoms with E-state index in [2.05, 4.69) is 194 Å². The Labute approximate surface area is 281 Å². The van der Waals surface area contributed by atoms with Crippen LogP contribution in [0.25, 0.3) is 88.0 Å². The van der Waals surface area contributed by atoms with Gasteiger partial charge in [0.1, 0.15) is 0 Å². The van der Waals surface area contributed by atoms with Crippen molar-refractivity contribution >= 4 is 32.3 Å². The fraction of sp³-hybridized carbons (Fsp3) is 0. The second-order valence-corrected chi connectivity index (χ2v) is 12.4. The van der Waals surface area contributed by atoms with E-state index in [0.717, 1.165) is 0 Å². The molecule has 9 rings (SSSR count). The van der Waals surface area contributed by atoms with Crippen molar-refractivity contribution in [2.24, 2.45) is 0 Å². The molecular formula is C48H32. The Morgan fingerprint density at radius 1 is 0.208 bits per heavy atom. The number of hydrogen-bond acceptors (Lipinski definition) is 0. The Hall–Kier alpha value is -6.24. The van der Waals surface area contributed by atoms with Crippen molar-refractivity contribution in [1.82, 2.24) is 0 Å². The van der Waals surface area contributed by atoms with Crippen molar-refractivity contribution in [1.29, 1.82) is 0 Å². The summed E-state index contributed by atoms with van der Waals surface area (Å²) in [6.45, 7) is 0. The summed E-state index contributed by atoms with van der Waals surface area (Å²) >= 11 is 0. The number of fused-ring (bicyclic) bond motifs is 3. The van der Waals surface area contributed by atoms with Crippen molar-refractivity contribution < 1.29 is 0 Å². The van der Waals surface area contributed by atoms with Gasteiger partial charge in [-0.15, -0.1) is 0 Å². The summed E-state index contributed by atoms with van der Waals surface area (Å²) in [5, 5.41) is 7.55. The zero-order valence-electron chi connectivity index (χ0n) is 26.5. The first-order chi connectivity index (χ1) is 23.8. The van der Waals surface area contributed by atoms with Crippen LogP contribution >= 0.6 is 0 Å². The molecular weight excluding hydrogens is 577 g/mol. The van der Waals surface area contributed by atoms with Crippen LogP contribution in [0.2, 0.25) is 0 Å². The maximum Gasteiger partial charge on any atom is -0.00261 e. The fourth-order valence-corrected chi connectivity index (χ4v) is 7.56. The molecule has 0 atom stereocenters. The van der Waals surface area contributed by atoms with Crippen LogP contribution in [0.4, 0.5) is 0 Å². The molecule has 0 amide bonds. The van der Waals surface area contributed by atoms with Gasteiger partial charge in [-0.05, 0) is 94.0 Å². The highest BCUT2D eigenvalue weighted by atomic mass is 14.2. The molecule has 0 aliphatic rings. The normalized spacial score (nSPS) is 11.3. The lowest BCUT2D eigenvalue weighted by Gasteiger charge is -2.20. The van der Waals surface area contributed by atoms with Crippen molar-refractivity contribution in [3.63, 3.8) is 0 Å². The van der Waals surface area contributed by atoms with Crippen LogP contribution < -0.4 is 0 Å². The number of benzene rings is 9. The molecule has 0 aliphatic carbocycles. The van der Waals surface area contributed by atoms with Gasteiger partial charge < -0.3 is 0 Å². The van der Waals surface area contributed by atoms with Gasteiger partial charge in [0.05, 0.1) is 0 Å². The highest BCUT2D eigenvalue weighted by molar-refractivity contribution is 6.22. The molecule has 0 heteroatoms. The van der Waals surface area contributed by atoms with Gasteiger partial charge in [-0.25, -0.2) is 0 Å². The predicted octanol–water partition coefficient (Wildman–Crippen LogP) is 13.5. The summed E-state index contributed by atoms with van der Waals surface area (Å²) in [7, 11) is 0. The molecule has 9 aromatic carbocycles. The second-order valence-electron chi connectivity index (χ2n) is 12.4. The van der Waals surface area contributed by atoms with Gasteiger partial charge in [0, 0.05) is 0 Å².